The number of nitrogens with zero attached hydrogens (tertiary/aromatic N) is 3. The lowest BCUT2D eigenvalue weighted by Crippen LogP contribution is -2.36. The maximum absolute atomic E-state index is 4.48. The number of halogens is 1. The van der Waals surface area contributed by atoms with Crippen molar-refractivity contribution in [2.45, 2.75) is 24.6 Å². The number of anilines is 1. The van der Waals surface area contributed by atoms with E-state index in [9.17, 15) is 0 Å². The van der Waals surface area contributed by atoms with E-state index in [1.807, 2.05) is 0 Å². The first-order valence-corrected chi connectivity index (χ1v) is 7.57. The highest BCUT2D eigenvalue weighted by atomic mass is 79.9. The van der Waals surface area contributed by atoms with Gasteiger partial charge >= 0.3 is 0 Å². The van der Waals surface area contributed by atoms with Crippen LogP contribution in [0.2, 0.25) is 0 Å². The molecular weight excluding hydrogens is 298 g/mol. The normalized spacial score (nSPS) is 21.1. The summed E-state index contributed by atoms with van der Waals surface area (Å²) in [4.78, 5) is 14.2. The minimum absolute atomic E-state index is 0.584. The number of hydrogen-bond donors (Lipinski definition) is 0. The van der Waals surface area contributed by atoms with Gasteiger partial charge in [0, 0.05) is 22.8 Å². The third-order valence-corrected chi connectivity index (χ3v) is 4.80. The first-order chi connectivity index (χ1) is 8.24. The second-order valence-electron chi connectivity index (χ2n) is 4.46. The molecule has 90 valence electrons. The van der Waals surface area contributed by atoms with Gasteiger partial charge in [-0.2, -0.15) is 0 Å². The van der Waals surface area contributed by atoms with E-state index in [0.29, 0.717) is 4.83 Å². The number of thiophene rings is 1. The molecule has 0 N–H and O–H groups in total. The van der Waals surface area contributed by atoms with Gasteiger partial charge in [0.15, 0.2) is 0 Å². The Morgan fingerprint density at radius 1 is 1.47 bits per heavy atom. The van der Waals surface area contributed by atoms with Crippen molar-refractivity contribution in [3.63, 3.8) is 0 Å². The van der Waals surface area contributed by atoms with E-state index in [-0.39, 0.29) is 0 Å². The van der Waals surface area contributed by atoms with Crippen LogP contribution in [0, 0.1) is 6.92 Å². The van der Waals surface area contributed by atoms with Gasteiger partial charge in [0.25, 0.3) is 0 Å². The largest absolute Gasteiger partial charge is 0.355 e. The van der Waals surface area contributed by atoms with Crippen LogP contribution in [0.1, 0.15) is 17.7 Å². The second kappa shape index (κ2) is 4.53. The summed E-state index contributed by atoms with van der Waals surface area (Å²) in [5.74, 6) is 1.10. The van der Waals surface area contributed by atoms with Crippen molar-refractivity contribution in [3.8, 4) is 0 Å². The van der Waals surface area contributed by atoms with E-state index in [0.717, 1.165) is 23.7 Å². The van der Waals surface area contributed by atoms with Crippen LogP contribution in [0.4, 0.5) is 5.82 Å². The highest BCUT2D eigenvalue weighted by molar-refractivity contribution is 9.09. The minimum atomic E-state index is 0.584. The van der Waals surface area contributed by atoms with Crippen molar-refractivity contribution in [2.24, 2.45) is 0 Å². The molecule has 0 aliphatic carbocycles. The fourth-order valence-corrected chi connectivity index (χ4v) is 3.85. The summed E-state index contributed by atoms with van der Waals surface area (Å²) in [5, 5.41) is 1.21. The Morgan fingerprint density at radius 2 is 2.35 bits per heavy atom. The fourth-order valence-electron chi connectivity index (χ4n) is 2.33. The highest BCUT2D eigenvalue weighted by Gasteiger charge is 2.21. The molecular formula is C12H14BrN3S. The average molecular weight is 312 g/mol. The molecule has 2 aromatic heterocycles. The smallest absolute Gasteiger partial charge is 0.140 e. The predicted molar refractivity (Wildman–Crippen MR) is 76.3 cm³/mol. The van der Waals surface area contributed by atoms with Gasteiger partial charge in [0.05, 0.1) is 5.39 Å². The van der Waals surface area contributed by atoms with Crippen LogP contribution in [0.3, 0.4) is 0 Å². The first-order valence-electron chi connectivity index (χ1n) is 5.84. The molecule has 0 saturated carbocycles. The van der Waals surface area contributed by atoms with Crippen LogP contribution in [-0.2, 0) is 0 Å². The van der Waals surface area contributed by atoms with Crippen LogP contribution in [0.25, 0.3) is 10.2 Å². The lowest BCUT2D eigenvalue weighted by atomic mass is 10.1. The molecule has 0 radical (unpaired) electrons. The molecule has 1 saturated heterocycles. The lowest BCUT2D eigenvalue weighted by Gasteiger charge is -2.31. The SMILES string of the molecule is Cc1cc2c(N3CCCC(Br)C3)ncnc2s1. The van der Waals surface area contributed by atoms with Crippen molar-refractivity contribution < 1.29 is 0 Å². The zero-order valence-electron chi connectivity index (χ0n) is 9.69. The number of fused-ring (bicyclic) bond motifs is 1. The Kier molecular flexibility index (Phi) is 3.04. The molecule has 3 heterocycles. The summed E-state index contributed by atoms with van der Waals surface area (Å²) in [6.07, 6.45) is 4.17. The summed E-state index contributed by atoms with van der Waals surface area (Å²) in [6.45, 7) is 4.27. The van der Waals surface area contributed by atoms with Gasteiger partial charge in [0.2, 0.25) is 0 Å². The van der Waals surface area contributed by atoms with Crippen molar-refractivity contribution >= 4 is 43.3 Å². The van der Waals surface area contributed by atoms with E-state index >= 15 is 0 Å². The van der Waals surface area contributed by atoms with Crippen molar-refractivity contribution in [1.82, 2.24) is 9.97 Å². The molecule has 5 heteroatoms. The summed E-state index contributed by atoms with van der Waals surface area (Å²) in [6, 6.07) is 2.20. The third-order valence-electron chi connectivity index (χ3n) is 3.09. The summed E-state index contributed by atoms with van der Waals surface area (Å²) in [7, 11) is 0. The monoisotopic (exact) mass is 311 g/mol. The summed E-state index contributed by atoms with van der Waals surface area (Å²) < 4.78 is 0. The van der Waals surface area contributed by atoms with Crippen LogP contribution in [0.5, 0.6) is 0 Å². The molecule has 2 aromatic rings. The topological polar surface area (TPSA) is 29.0 Å². The van der Waals surface area contributed by atoms with Gasteiger partial charge < -0.3 is 4.90 Å². The second-order valence-corrected chi connectivity index (χ2v) is 6.99. The van der Waals surface area contributed by atoms with Gasteiger partial charge in [0.1, 0.15) is 17.0 Å². The zero-order chi connectivity index (χ0) is 11.8. The van der Waals surface area contributed by atoms with Gasteiger partial charge in [-0.05, 0) is 25.8 Å². The molecule has 1 aliphatic rings. The number of aryl methyl sites for hydroxylation is 1. The van der Waals surface area contributed by atoms with Gasteiger partial charge in [-0.1, -0.05) is 15.9 Å². The predicted octanol–water partition coefficient (Wildman–Crippen LogP) is 3.36. The van der Waals surface area contributed by atoms with Crippen molar-refractivity contribution in [1.29, 1.82) is 0 Å². The molecule has 1 atom stereocenters. The third kappa shape index (κ3) is 2.18. The molecule has 1 unspecified atom stereocenters. The van der Waals surface area contributed by atoms with E-state index in [2.05, 4.69) is 43.8 Å². The Morgan fingerprint density at radius 3 is 3.18 bits per heavy atom. The van der Waals surface area contributed by atoms with E-state index in [1.54, 1.807) is 17.7 Å². The average Bonchev–Trinajstić information content (AvgIpc) is 2.68. The molecule has 0 aromatic carbocycles. The van der Waals surface area contributed by atoms with Gasteiger partial charge in [-0.25, -0.2) is 9.97 Å². The molecule has 0 spiro atoms. The molecule has 3 rings (SSSR count). The quantitative estimate of drug-likeness (QED) is 0.756. The number of hydrogen-bond acceptors (Lipinski definition) is 4. The number of alkyl halides is 1. The highest BCUT2D eigenvalue weighted by Crippen LogP contribution is 2.31. The van der Waals surface area contributed by atoms with E-state index < -0.39 is 0 Å². The van der Waals surface area contributed by atoms with Crippen molar-refractivity contribution in [3.05, 3.63) is 17.3 Å². The number of piperidine rings is 1. The maximum atomic E-state index is 4.48. The van der Waals surface area contributed by atoms with Gasteiger partial charge in [-0.15, -0.1) is 11.3 Å². The molecule has 17 heavy (non-hydrogen) atoms. The maximum Gasteiger partial charge on any atom is 0.140 e. The van der Waals surface area contributed by atoms with Crippen LogP contribution < -0.4 is 4.90 Å². The van der Waals surface area contributed by atoms with Crippen molar-refractivity contribution in [2.75, 3.05) is 18.0 Å². The summed E-state index contributed by atoms with van der Waals surface area (Å²) >= 11 is 5.45. The Bertz CT molecular complexity index is 540. The standard InChI is InChI=1S/C12H14BrN3S/c1-8-5-10-11(14-7-15-12(10)17-8)16-4-2-3-9(13)6-16/h5,7,9H,2-4,6H2,1H3. The van der Waals surface area contributed by atoms with Crippen LogP contribution >= 0.6 is 27.3 Å². The van der Waals surface area contributed by atoms with Crippen LogP contribution in [0.15, 0.2) is 12.4 Å². The number of rotatable bonds is 1. The molecule has 3 nitrogen and oxygen atoms in total. The minimum Gasteiger partial charge on any atom is -0.355 e. The summed E-state index contributed by atoms with van der Waals surface area (Å²) in [5.41, 5.74) is 0. The van der Waals surface area contributed by atoms with E-state index in [1.165, 1.54) is 23.1 Å². The molecule has 0 amide bonds. The Balaban J connectivity index is 2.04. The molecule has 1 fully saturated rings. The fraction of sp³-hybridized carbons (Fsp3) is 0.500. The Hall–Kier alpha value is -0.680. The lowest BCUT2D eigenvalue weighted by molar-refractivity contribution is 0.592. The van der Waals surface area contributed by atoms with Crippen LogP contribution in [-0.4, -0.2) is 27.9 Å². The van der Waals surface area contributed by atoms with Gasteiger partial charge in [-0.3, -0.25) is 0 Å². The Labute approximate surface area is 113 Å². The molecule has 0 bridgehead atoms. The first kappa shape index (κ1) is 11.4. The molecule has 1 aliphatic heterocycles. The zero-order valence-corrected chi connectivity index (χ0v) is 12.1. The van der Waals surface area contributed by atoms with E-state index in [4.69, 9.17) is 0 Å². The number of aromatic nitrogens is 2.